The van der Waals surface area contributed by atoms with E-state index in [9.17, 15) is 0 Å². The molecule has 5 aromatic carbocycles. The van der Waals surface area contributed by atoms with Crippen molar-refractivity contribution in [2.24, 2.45) is 0 Å². The number of hydrogen-bond donors (Lipinski definition) is 0. The van der Waals surface area contributed by atoms with Crippen LogP contribution in [0.2, 0.25) is 0 Å². The minimum atomic E-state index is 0.721. The van der Waals surface area contributed by atoms with E-state index in [1.54, 1.807) is 0 Å². The van der Waals surface area contributed by atoms with Crippen molar-refractivity contribution in [1.82, 2.24) is 0 Å². The molecule has 0 saturated heterocycles. The molecule has 0 bridgehead atoms. The molecule has 5 rings (SSSR count). The Morgan fingerprint density at radius 3 is 1.61 bits per heavy atom. The van der Waals surface area contributed by atoms with Crippen LogP contribution in [0, 0.1) is 11.8 Å². The van der Waals surface area contributed by atoms with E-state index in [0.29, 0.717) is 0 Å². The summed E-state index contributed by atoms with van der Waals surface area (Å²) in [6.45, 7) is 0. The van der Waals surface area contributed by atoms with Crippen LogP contribution < -0.4 is 0 Å². The second kappa shape index (κ2) is 8.52. The van der Waals surface area contributed by atoms with Gasteiger partial charge in [0, 0.05) is 16.2 Å². The summed E-state index contributed by atoms with van der Waals surface area (Å²) in [6, 6.07) is 37.0. The predicted octanol–water partition coefficient (Wildman–Crippen LogP) is 8.13. The molecule has 146 valence electrons. The molecule has 0 saturated carbocycles. The summed E-state index contributed by atoms with van der Waals surface area (Å²) in [5.74, 6) is 6.80. The maximum atomic E-state index is 6.76. The van der Waals surface area contributed by atoms with Gasteiger partial charge in [0.05, 0.1) is 0 Å². The molecular weight excluding hydrogens is 396 g/mol. The molecule has 1 heteroatoms. The Morgan fingerprint density at radius 2 is 1.03 bits per heavy atom. The van der Waals surface area contributed by atoms with Gasteiger partial charge < -0.3 is 0 Å². The van der Waals surface area contributed by atoms with Crippen molar-refractivity contribution in [2.75, 3.05) is 0 Å². The summed E-state index contributed by atoms with van der Waals surface area (Å²) in [5, 5.41) is 5.28. The van der Waals surface area contributed by atoms with E-state index in [1.807, 2.05) is 60.7 Å². The summed E-state index contributed by atoms with van der Waals surface area (Å²) in [7, 11) is 0. The lowest BCUT2D eigenvalue weighted by Crippen LogP contribution is -1.90. The standard InChI is InChI=1S/C30H19Cl/c31-30(23-13-5-2-6-14-23)21-29-26-17-9-7-15-24(26)28(25-16-8-10-18-27(25)29)20-19-22-11-3-1-4-12-22/h1-18,21H. The minimum absolute atomic E-state index is 0.721. The second-order valence-electron chi connectivity index (χ2n) is 7.35. The Hall–Kier alpha value is -3.79. The summed E-state index contributed by atoms with van der Waals surface area (Å²) >= 11 is 6.76. The van der Waals surface area contributed by atoms with Gasteiger partial charge in [0.25, 0.3) is 0 Å². The van der Waals surface area contributed by atoms with Crippen LogP contribution in [0.25, 0.3) is 32.7 Å². The highest BCUT2D eigenvalue weighted by atomic mass is 35.5. The van der Waals surface area contributed by atoms with Crippen molar-refractivity contribution < 1.29 is 0 Å². The number of fused-ring (bicyclic) bond motifs is 2. The molecule has 0 aromatic heterocycles. The van der Waals surface area contributed by atoms with E-state index in [2.05, 4.69) is 66.4 Å². The van der Waals surface area contributed by atoms with Crippen molar-refractivity contribution in [3.05, 3.63) is 131 Å². The molecule has 0 N–H and O–H groups in total. The highest BCUT2D eigenvalue weighted by molar-refractivity contribution is 6.51. The van der Waals surface area contributed by atoms with Crippen molar-refractivity contribution in [3.8, 4) is 11.8 Å². The van der Waals surface area contributed by atoms with Gasteiger partial charge in [-0.1, -0.05) is 121 Å². The Bertz CT molecular complexity index is 1410. The second-order valence-corrected chi connectivity index (χ2v) is 7.76. The van der Waals surface area contributed by atoms with Crippen LogP contribution in [0.3, 0.4) is 0 Å². The van der Waals surface area contributed by atoms with E-state index < -0.39 is 0 Å². The van der Waals surface area contributed by atoms with Crippen molar-refractivity contribution in [3.63, 3.8) is 0 Å². The first-order chi connectivity index (χ1) is 15.3. The fourth-order valence-corrected chi connectivity index (χ4v) is 4.15. The van der Waals surface area contributed by atoms with E-state index >= 15 is 0 Å². The Morgan fingerprint density at radius 1 is 0.548 bits per heavy atom. The normalized spacial score (nSPS) is 11.3. The molecule has 0 heterocycles. The number of hydrogen-bond acceptors (Lipinski definition) is 0. The van der Waals surface area contributed by atoms with Gasteiger partial charge in [0.2, 0.25) is 0 Å². The first kappa shape index (κ1) is 19.2. The summed E-state index contributed by atoms with van der Waals surface area (Å²) in [5.41, 5.74) is 4.17. The van der Waals surface area contributed by atoms with E-state index in [-0.39, 0.29) is 0 Å². The highest BCUT2D eigenvalue weighted by Crippen LogP contribution is 2.35. The first-order valence-corrected chi connectivity index (χ1v) is 10.6. The molecule has 0 nitrogen and oxygen atoms in total. The van der Waals surface area contributed by atoms with Crippen LogP contribution in [-0.2, 0) is 0 Å². The molecule has 0 aliphatic rings. The van der Waals surface area contributed by atoms with Crippen molar-refractivity contribution in [2.45, 2.75) is 0 Å². The zero-order valence-corrected chi connectivity index (χ0v) is 17.6. The quantitative estimate of drug-likeness (QED) is 0.155. The van der Waals surface area contributed by atoms with Crippen molar-refractivity contribution in [1.29, 1.82) is 0 Å². The van der Waals surface area contributed by atoms with E-state index in [1.165, 1.54) is 0 Å². The van der Waals surface area contributed by atoms with Gasteiger partial charge in [-0.2, -0.15) is 0 Å². The SMILES string of the molecule is ClC(=Cc1c2ccccc2c(C#Cc2ccccc2)c2ccccc12)c1ccccc1. The fourth-order valence-electron chi connectivity index (χ4n) is 3.92. The number of benzene rings is 5. The fraction of sp³-hybridized carbons (Fsp3) is 0. The Balaban J connectivity index is 1.80. The van der Waals surface area contributed by atoms with Crippen LogP contribution in [0.5, 0.6) is 0 Å². The third-order valence-electron chi connectivity index (χ3n) is 5.40. The van der Waals surface area contributed by atoms with Crippen LogP contribution in [0.1, 0.15) is 22.3 Å². The molecule has 0 atom stereocenters. The smallest absolute Gasteiger partial charge is 0.0484 e. The monoisotopic (exact) mass is 414 g/mol. The zero-order chi connectivity index (χ0) is 21.0. The lowest BCUT2D eigenvalue weighted by molar-refractivity contribution is 1.64. The van der Waals surface area contributed by atoms with Crippen LogP contribution >= 0.6 is 11.6 Å². The molecular formula is C30H19Cl. The van der Waals surface area contributed by atoms with E-state index in [4.69, 9.17) is 11.6 Å². The minimum Gasteiger partial charge on any atom is -0.0837 e. The van der Waals surface area contributed by atoms with Gasteiger partial charge in [-0.15, -0.1) is 0 Å². The molecule has 31 heavy (non-hydrogen) atoms. The van der Waals surface area contributed by atoms with Gasteiger partial charge in [-0.05, 0) is 50.9 Å². The molecule has 0 amide bonds. The van der Waals surface area contributed by atoms with Crippen LogP contribution in [-0.4, -0.2) is 0 Å². The molecule has 0 fully saturated rings. The first-order valence-electron chi connectivity index (χ1n) is 10.2. The topological polar surface area (TPSA) is 0 Å². The molecule has 0 radical (unpaired) electrons. The number of halogens is 1. The molecule has 5 aromatic rings. The highest BCUT2D eigenvalue weighted by Gasteiger charge is 2.12. The van der Waals surface area contributed by atoms with Gasteiger partial charge in [-0.25, -0.2) is 0 Å². The number of rotatable bonds is 2. The zero-order valence-electron chi connectivity index (χ0n) is 16.8. The largest absolute Gasteiger partial charge is 0.0837 e. The maximum absolute atomic E-state index is 6.76. The van der Waals surface area contributed by atoms with E-state index in [0.717, 1.165) is 48.8 Å². The van der Waals surface area contributed by atoms with Gasteiger partial charge >= 0.3 is 0 Å². The van der Waals surface area contributed by atoms with Gasteiger partial charge in [0.1, 0.15) is 0 Å². The summed E-state index contributed by atoms with van der Waals surface area (Å²) in [6.07, 6.45) is 2.08. The summed E-state index contributed by atoms with van der Waals surface area (Å²) < 4.78 is 0. The third-order valence-corrected chi connectivity index (χ3v) is 5.73. The third kappa shape index (κ3) is 3.84. The molecule has 0 unspecified atom stereocenters. The molecule has 0 aliphatic carbocycles. The lowest BCUT2D eigenvalue weighted by atomic mass is 9.91. The predicted molar refractivity (Wildman–Crippen MR) is 134 cm³/mol. The Kier molecular flexibility index (Phi) is 5.28. The van der Waals surface area contributed by atoms with Crippen LogP contribution in [0.4, 0.5) is 0 Å². The maximum Gasteiger partial charge on any atom is 0.0484 e. The lowest BCUT2D eigenvalue weighted by Gasteiger charge is -2.12. The molecule has 0 aliphatic heterocycles. The average Bonchev–Trinajstić information content (AvgIpc) is 2.84. The molecule has 0 spiro atoms. The van der Waals surface area contributed by atoms with Crippen LogP contribution in [0.15, 0.2) is 109 Å². The summed E-state index contributed by atoms with van der Waals surface area (Å²) in [4.78, 5) is 0. The average molecular weight is 415 g/mol. The Labute approximate surface area is 187 Å². The van der Waals surface area contributed by atoms with Crippen molar-refractivity contribution >= 4 is 44.3 Å². The van der Waals surface area contributed by atoms with Gasteiger partial charge in [-0.3, -0.25) is 0 Å². The van der Waals surface area contributed by atoms with Gasteiger partial charge in [0.15, 0.2) is 0 Å².